The van der Waals surface area contributed by atoms with Crippen molar-refractivity contribution in [3.05, 3.63) is 58.7 Å². The van der Waals surface area contributed by atoms with Crippen molar-refractivity contribution in [2.24, 2.45) is 0 Å². The Morgan fingerprint density at radius 1 is 1.08 bits per heavy atom. The van der Waals surface area contributed by atoms with Crippen LogP contribution in [-0.2, 0) is 27.2 Å². The molecule has 0 unspecified atom stereocenters. The van der Waals surface area contributed by atoms with E-state index in [0.717, 1.165) is 34.4 Å². The first-order valence-electron chi connectivity index (χ1n) is 8.62. The van der Waals surface area contributed by atoms with Gasteiger partial charge in [-0.15, -0.1) is 0 Å². The van der Waals surface area contributed by atoms with Gasteiger partial charge in [0.05, 0.1) is 13.5 Å². The second-order valence-electron chi connectivity index (χ2n) is 6.16. The fraction of sp³-hybridized carbons (Fsp3) is 0.333. The summed E-state index contributed by atoms with van der Waals surface area (Å²) < 4.78 is 10.4. The molecule has 0 aromatic heterocycles. The molecule has 0 aliphatic rings. The van der Waals surface area contributed by atoms with E-state index in [2.05, 4.69) is 5.32 Å². The summed E-state index contributed by atoms with van der Waals surface area (Å²) in [6.07, 6.45) is 0.868. The molecule has 26 heavy (non-hydrogen) atoms. The molecule has 0 heterocycles. The predicted octanol–water partition coefficient (Wildman–Crippen LogP) is 3.60. The van der Waals surface area contributed by atoms with Gasteiger partial charge in [-0.3, -0.25) is 9.59 Å². The number of para-hydroxylation sites is 1. The van der Waals surface area contributed by atoms with E-state index in [4.69, 9.17) is 9.47 Å². The van der Waals surface area contributed by atoms with Gasteiger partial charge in [-0.05, 0) is 37.5 Å². The molecule has 5 heteroatoms. The van der Waals surface area contributed by atoms with E-state index in [1.807, 2.05) is 57.2 Å². The van der Waals surface area contributed by atoms with Crippen molar-refractivity contribution in [2.45, 2.75) is 33.6 Å². The lowest BCUT2D eigenvalue weighted by Crippen LogP contribution is -2.22. The van der Waals surface area contributed by atoms with Crippen molar-refractivity contribution in [1.29, 1.82) is 0 Å². The Morgan fingerprint density at radius 3 is 2.54 bits per heavy atom. The highest BCUT2D eigenvalue weighted by Crippen LogP contribution is 2.22. The third-order valence-electron chi connectivity index (χ3n) is 4.14. The van der Waals surface area contributed by atoms with Crippen molar-refractivity contribution in [2.75, 3.05) is 19.0 Å². The number of anilines is 1. The average Bonchev–Trinajstić information content (AvgIpc) is 2.62. The van der Waals surface area contributed by atoms with E-state index >= 15 is 0 Å². The molecule has 0 atom stereocenters. The molecule has 0 bridgehead atoms. The van der Waals surface area contributed by atoms with Gasteiger partial charge in [0.25, 0.3) is 5.91 Å². The van der Waals surface area contributed by atoms with Gasteiger partial charge in [0.15, 0.2) is 6.61 Å². The zero-order chi connectivity index (χ0) is 19.1. The van der Waals surface area contributed by atoms with Crippen molar-refractivity contribution < 1.29 is 19.1 Å². The Labute approximate surface area is 154 Å². The van der Waals surface area contributed by atoms with E-state index in [0.29, 0.717) is 5.75 Å². The number of carbonyl (C=O) groups is 2. The number of carbonyl (C=O) groups excluding carboxylic acids is 2. The second kappa shape index (κ2) is 9.04. The summed E-state index contributed by atoms with van der Waals surface area (Å²) in [6.45, 7) is 5.59. The van der Waals surface area contributed by atoms with Crippen LogP contribution in [0.1, 0.15) is 29.2 Å². The van der Waals surface area contributed by atoms with Crippen LogP contribution < -0.4 is 10.1 Å². The SMILES string of the molecule is CCc1cccc(C)c1NC(=O)COC(=O)Cc1cc(C)ccc1OC. The minimum absolute atomic E-state index is 0.0582. The summed E-state index contributed by atoms with van der Waals surface area (Å²) in [5.74, 6) is -0.187. The van der Waals surface area contributed by atoms with E-state index in [1.165, 1.54) is 0 Å². The van der Waals surface area contributed by atoms with E-state index < -0.39 is 5.97 Å². The number of ether oxygens (including phenoxy) is 2. The Hall–Kier alpha value is -2.82. The lowest BCUT2D eigenvalue weighted by molar-refractivity contribution is -0.146. The van der Waals surface area contributed by atoms with Crippen LogP contribution >= 0.6 is 0 Å². The van der Waals surface area contributed by atoms with Crippen LogP contribution in [0.5, 0.6) is 5.75 Å². The van der Waals surface area contributed by atoms with E-state index in [9.17, 15) is 9.59 Å². The highest BCUT2D eigenvalue weighted by atomic mass is 16.5. The maximum absolute atomic E-state index is 12.2. The maximum Gasteiger partial charge on any atom is 0.310 e. The number of nitrogens with one attached hydrogen (secondary N) is 1. The molecule has 0 fully saturated rings. The van der Waals surface area contributed by atoms with Gasteiger partial charge < -0.3 is 14.8 Å². The first kappa shape index (κ1) is 19.5. The first-order valence-corrected chi connectivity index (χ1v) is 8.62. The van der Waals surface area contributed by atoms with Gasteiger partial charge in [0, 0.05) is 11.3 Å². The normalized spacial score (nSPS) is 10.3. The van der Waals surface area contributed by atoms with Crippen LogP contribution in [0.2, 0.25) is 0 Å². The molecule has 0 radical (unpaired) electrons. The topological polar surface area (TPSA) is 64.6 Å². The zero-order valence-electron chi connectivity index (χ0n) is 15.7. The molecule has 2 aromatic carbocycles. The molecule has 0 spiro atoms. The van der Waals surface area contributed by atoms with Crippen molar-refractivity contribution in [3.8, 4) is 5.75 Å². The number of esters is 1. The summed E-state index contributed by atoms with van der Waals surface area (Å²) in [6, 6.07) is 11.5. The Bertz CT molecular complexity index is 799. The van der Waals surface area contributed by atoms with Crippen LogP contribution in [0.25, 0.3) is 0 Å². The van der Waals surface area contributed by atoms with Crippen LogP contribution in [0, 0.1) is 13.8 Å². The molecule has 2 rings (SSSR count). The van der Waals surface area contributed by atoms with Gasteiger partial charge in [-0.2, -0.15) is 0 Å². The number of rotatable bonds is 7. The third kappa shape index (κ3) is 5.09. The summed E-state index contributed by atoms with van der Waals surface area (Å²) in [4.78, 5) is 24.2. The molecule has 138 valence electrons. The molecular weight excluding hydrogens is 330 g/mol. The molecule has 1 amide bonds. The molecule has 0 saturated heterocycles. The third-order valence-corrected chi connectivity index (χ3v) is 4.14. The first-order chi connectivity index (χ1) is 12.4. The van der Waals surface area contributed by atoms with Crippen molar-refractivity contribution in [3.63, 3.8) is 0 Å². The van der Waals surface area contributed by atoms with Gasteiger partial charge >= 0.3 is 5.97 Å². The van der Waals surface area contributed by atoms with E-state index in [-0.39, 0.29) is 18.9 Å². The van der Waals surface area contributed by atoms with Gasteiger partial charge in [-0.1, -0.05) is 42.8 Å². The summed E-state index contributed by atoms with van der Waals surface area (Å²) >= 11 is 0. The maximum atomic E-state index is 12.2. The molecule has 5 nitrogen and oxygen atoms in total. The Balaban J connectivity index is 1.94. The van der Waals surface area contributed by atoms with E-state index in [1.54, 1.807) is 7.11 Å². The summed E-state index contributed by atoms with van der Waals surface area (Å²) in [5.41, 5.74) is 4.59. The fourth-order valence-electron chi connectivity index (χ4n) is 2.78. The number of hydrogen-bond donors (Lipinski definition) is 1. The van der Waals surface area contributed by atoms with Crippen LogP contribution in [0.3, 0.4) is 0 Å². The molecular formula is C21H25NO4. The number of amides is 1. The lowest BCUT2D eigenvalue weighted by atomic mass is 10.1. The number of hydrogen-bond acceptors (Lipinski definition) is 4. The summed E-state index contributed by atoms with van der Waals surface area (Å²) in [7, 11) is 1.56. The predicted molar refractivity (Wildman–Crippen MR) is 102 cm³/mol. The molecule has 2 aromatic rings. The minimum atomic E-state index is -0.468. The molecule has 0 saturated carbocycles. The second-order valence-corrected chi connectivity index (χ2v) is 6.16. The van der Waals surface area contributed by atoms with Crippen molar-refractivity contribution >= 4 is 17.6 Å². The molecule has 1 N–H and O–H groups in total. The summed E-state index contributed by atoms with van der Waals surface area (Å²) in [5, 5.41) is 2.84. The Morgan fingerprint density at radius 2 is 1.85 bits per heavy atom. The van der Waals surface area contributed by atoms with Crippen LogP contribution in [-0.4, -0.2) is 25.6 Å². The zero-order valence-corrected chi connectivity index (χ0v) is 15.7. The smallest absolute Gasteiger partial charge is 0.310 e. The number of benzene rings is 2. The Kier molecular flexibility index (Phi) is 6.78. The average molecular weight is 355 g/mol. The molecule has 0 aliphatic carbocycles. The number of methoxy groups -OCH3 is 1. The number of aryl methyl sites for hydroxylation is 3. The lowest BCUT2D eigenvalue weighted by Gasteiger charge is -2.13. The highest BCUT2D eigenvalue weighted by Gasteiger charge is 2.14. The largest absolute Gasteiger partial charge is 0.496 e. The quantitative estimate of drug-likeness (QED) is 0.771. The van der Waals surface area contributed by atoms with Crippen LogP contribution in [0.4, 0.5) is 5.69 Å². The van der Waals surface area contributed by atoms with Gasteiger partial charge in [0.1, 0.15) is 5.75 Å². The fourth-order valence-corrected chi connectivity index (χ4v) is 2.78. The van der Waals surface area contributed by atoms with Crippen molar-refractivity contribution in [1.82, 2.24) is 0 Å². The standard InChI is InChI=1S/C21H25NO4/c1-5-16-8-6-7-15(3)21(16)22-19(23)13-26-20(24)12-17-11-14(2)9-10-18(17)25-4/h6-11H,5,12-13H2,1-4H3,(H,22,23). The van der Waals surface area contributed by atoms with Gasteiger partial charge in [0.2, 0.25) is 0 Å². The van der Waals surface area contributed by atoms with Gasteiger partial charge in [-0.25, -0.2) is 0 Å². The minimum Gasteiger partial charge on any atom is -0.496 e. The van der Waals surface area contributed by atoms with Crippen LogP contribution in [0.15, 0.2) is 36.4 Å². The monoisotopic (exact) mass is 355 g/mol. The molecule has 0 aliphatic heterocycles. The highest BCUT2D eigenvalue weighted by molar-refractivity contribution is 5.94.